The first-order valence-corrected chi connectivity index (χ1v) is 17.9. The zero-order valence-corrected chi connectivity index (χ0v) is 29.1. The van der Waals surface area contributed by atoms with Gasteiger partial charge in [-0.15, -0.1) is 11.3 Å². The van der Waals surface area contributed by atoms with Crippen LogP contribution in [0.5, 0.6) is 0 Å². The number of H-pyrrole nitrogens is 1. The maximum atomic E-state index is 3.77. The monoisotopic (exact) mass is 638 g/mol. The summed E-state index contributed by atoms with van der Waals surface area (Å²) in [6, 6.07) is 43.3. The maximum absolute atomic E-state index is 3.77. The van der Waals surface area contributed by atoms with Gasteiger partial charge in [0.05, 0.1) is 11.0 Å². The van der Waals surface area contributed by atoms with Crippen molar-refractivity contribution in [3.63, 3.8) is 0 Å². The Hall–Kier alpha value is -4.86. The van der Waals surface area contributed by atoms with E-state index in [2.05, 4.69) is 166 Å². The van der Waals surface area contributed by atoms with E-state index in [0.717, 1.165) is 0 Å². The van der Waals surface area contributed by atoms with Gasteiger partial charge < -0.3 is 9.55 Å². The Morgan fingerprint density at radius 3 is 2.02 bits per heavy atom. The van der Waals surface area contributed by atoms with Crippen molar-refractivity contribution >= 4 is 75.1 Å². The number of nitrogens with zero attached hydrogens (tertiary/aromatic N) is 1. The van der Waals surface area contributed by atoms with Gasteiger partial charge in [-0.05, 0) is 93.1 Å². The second kappa shape index (κ2) is 9.18. The van der Waals surface area contributed by atoms with Crippen LogP contribution in [0.4, 0.5) is 0 Å². The van der Waals surface area contributed by atoms with Crippen molar-refractivity contribution in [2.24, 2.45) is 5.41 Å². The molecule has 1 N–H and O–H groups in total. The minimum Gasteiger partial charge on any atom is -0.355 e. The fraction of sp³-hybridized carbons (Fsp3) is 0.200. The molecule has 0 spiro atoms. The van der Waals surface area contributed by atoms with Crippen molar-refractivity contribution in [2.45, 2.75) is 52.4 Å². The quantitative estimate of drug-likeness (QED) is 0.194. The van der Waals surface area contributed by atoms with Crippen LogP contribution in [0.3, 0.4) is 0 Å². The summed E-state index contributed by atoms with van der Waals surface area (Å²) in [6.45, 7) is 14.7. The third kappa shape index (κ3) is 3.42. The number of nitrogens with one attached hydrogen (secondary N) is 1. The molecule has 6 aromatic carbocycles. The highest BCUT2D eigenvalue weighted by Gasteiger charge is 2.57. The lowest BCUT2D eigenvalue weighted by Gasteiger charge is -2.44. The number of hydrogen-bond acceptors (Lipinski definition) is 1. The number of aromatic amines is 1. The molecule has 0 atom stereocenters. The highest BCUT2D eigenvalue weighted by Crippen LogP contribution is 2.63. The highest BCUT2D eigenvalue weighted by molar-refractivity contribution is 7.25. The number of fused-ring (bicyclic) bond motifs is 11. The standard InChI is InChI=1S/C45H38N2S/c1-43(2)34-19-21-36-41(42(34)44(3,4)45(43,5)6)33-24-26(15-20-35(33)46-36)27-16-22-38-32(23-27)29-11-7-9-13-37(29)47(38)28-17-18-31-30-12-8-10-14-39(30)48-40(31)25-28/h7-25,46H,1-6H3. The van der Waals surface area contributed by atoms with Crippen molar-refractivity contribution < 1.29 is 0 Å². The van der Waals surface area contributed by atoms with Crippen molar-refractivity contribution in [3.8, 4) is 16.8 Å². The largest absolute Gasteiger partial charge is 0.355 e. The molecular formula is C45H38N2S. The van der Waals surface area contributed by atoms with Crippen LogP contribution in [0, 0.1) is 5.41 Å². The topological polar surface area (TPSA) is 20.7 Å². The first kappa shape index (κ1) is 28.2. The number of thiophene rings is 1. The van der Waals surface area contributed by atoms with Gasteiger partial charge in [0.2, 0.25) is 0 Å². The van der Waals surface area contributed by atoms with Crippen molar-refractivity contribution in [3.05, 3.63) is 126 Å². The van der Waals surface area contributed by atoms with Crippen LogP contribution in [0.1, 0.15) is 52.7 Å². The first-order valence-electron chi connectivity index (χ1n) is 17.1. The predicted molar refractivity (Wildman–Crippen MR) is 208 cm³/mol. The van der Waals surface area contributed by atoms with Crippen LogP contribution in [0.2, 0.25) is 0 Å². The minimum absolute atomic E-state index is 0.0239. The Morgan fingerprint density at radius 1 is 0.521 bits per heavy atom. The van der Waals surface area contributed by atoms with E-state index in [0.29, 0.717) is 0 Å². The normalized spacial score (nSPS) is 16.6. The number of benzene rings is 6. The van der Waals surface area contributed by atoms with E-state index >= 15 is 0 Å². The molecule has 234 valence electrons. The van der Waals surface area contributed by atoms with Crippen LogP contribution < -0.4 is 0 Å². The summed E-state index contributed by atoms with van der Waals surface area (Å²) in [7, 11) is 0. The van der Waals surface area contributed by atoms with Gasteiger partial charge in [0.1, 0.15) is 0 Å². The fourth-order valence-electron chi connectivity index (χ4n) is 9.06. The van der Waals surface area contributed by atoms with E-state index in [9.17, 15) is 0 Å². The number of rotatable bonds is 2. The molecule has 10 rings (SSSR count). The SMILES string of the molecule is CC1(C)c2ccc3[nH]c4ccc(-c5ccc6c(c5)c5ccccc5n6-c5ccc6c(c5)sc5ccccc56)cc4c3c2C(C)(C)C1(C)C. The van der Waals surface area contributed by atoms with Crippen LogP contribution >= 0.6 is 11.3 Å². The Kier molecular flexibility index (Phi) is 5.39. The summed E-state index contributed by atoms with van der Waals surface area (Å²) in [6.07, 6.45) is 0. The fourth-order valence-corrected chi connectivity index (χ4v) is 10.2. The van der Waals surface area contributed by atoms with Crippen molar-refractivity contribution in [1.29, 1.82) is 0 Å². The molecule has 2 nitrogen and oxygen atoms in total. The average Bonchev–Trinajstić information content (AvgIpc) is 3.77. The minimum atomic E-state index is 0.0239. The van der Waals surface area contributed by atoms with E-state index in [1.807, 2.05) is 11.3 Å². The maximum Gasteiger partial charge on any atom is 0.0541 e. The lowest BCUT2D eigenvalue weighted by molar-refractivity contribution is 0.125. The second-order valence-corrected chi connectivity index (χ2v) is 16.6. The lowest BCUT2D eigenvalue weighted by atomic mass is 9.59. The molecule has 3 heteroatoms. The van der Waals surface area contributed by atoms with Gasteiger partial charge in [0.15, 0.2) is 0 Å². The van der Waals surface area contributed by atoms with Crippen LogP contribution in [0.15, 0.2) is 115 Å². The Balaban J connectivity index is 1.17. The molecule has 0 unspecified atom stereocenters. The number of aromatic nitrogens is 2. The summed E-state index contributed by atoms with van der Waals surface area (Å²) < 4.78 is 5.10. The average molecular weight is 639 g/mol. The Bertz CT molecular complexity index is 2810. The Labute approximate surface area is 284 Å². The van der Waals surface area contributed by atoms with Crippen LogP contribution in [0.25, 0.3) is 80.6 Å². The molecule has 0 radical (unpaired) electrons. The molecule has 3 aromatic heterocycles. The molecule has 0 bridgehead atoms. The van der Waals surface area contributed by atoms with Gasteiger partial charge in [-0.3, -0.25) is 0 Å². The zero-order chi connectivity index (χ0) is 32.7. The summed E-state index contributed by atoms with van der Waals surface area (Å²) in [5.41, 5.74) is 11.8. The van der Waals surface area contributed by atoms with E-state index < -0.39 is 0 Å². The molecular weight excluding hydrogens is 601 g/mol. The highest BCUT2D eigenvalue weighted by atomic mass is 32.1. The Morgan fingerprint density at radius 2 is 1.19 bits per heavy atom. The molecule has 1 aliphatic carbocycles. The third-order valence-electron chi connectivity index (χ3n) is 12.8. The zero-order valence-electron chi connectivity index (χ0n) is 28.3. The number of para-hydroxylation sites is 1. The van der Waals surface area contributed by atoms with E-state index in [1.54, 1.807) is 0 Å². The smallest absolute Gasteiger partial charge is 0.0541 e. The third-order valence-corrected chi connectivity index (χ3v) is 13.9. The van der Waals surface area contributed by atoms with Crippen LogP contribution in [-0.2, 0) is 10.8 Å². The van der Waals surface area contributed by atoms with E-state index in [4.69, 9.17) is 0 Å². The van der Waals surface area contributed by atoms with Gasteiger partial charge in [-0.1, -0.05) is 102 Å². The van der Waals surface area contributed by atoms with Crippen LogP contribution in [-0.4, -0.2) is 9.55 Å². The van der Waals surface area contributed by atoms with Gasteiger partial charge >= 0.3 is 0 Å². The van der Waals surface area contributed by atoms with Crippen molar-refractivity contribution in [1.82, 2.24) is 9.55 Å². The molecule has 0 saturated carbocycles. The second-order valence-electron chi connectivity index (χ2n) is 15.5. The van der Waals surface area contributed by atoms with Crippen molar-refractivity contribution in [2.75, 3.05) is 0 Å². The number of hydrogen-bond donors (Lipinski definition) is 1. The molecule has 1 aliphatic rings. The molecule has 9 aromatic rings. The lowest BCUT2D eigenvalue weighted by Crippen LogP contribution is -2.42. The van der Waals surface area contributed by atoms with Gasteiger partial charge in [0.25, 0.3) is 0 Å². The van der Waals surface area contributed by atoms with E-state index in [-0.39, 0.29) is 16.2 Å². The predicted octanol–water partition coefficient (Wildman–Crippen LogP) is 13.0. The molecule has 0 aliphatic heterocycles. The molecule has 0 saturated heterocycles. The molecule has 3 heterocycles. The summed E-state index contributed by atoms with van der Waals surface area (Å²) in [5.74, 6) is 0. The molecule has 48 heavy (non-hydrogen) atoms. The first-order chi connectivity index (χ1) is 23.1. The molecule has 0 fully saturated rings. The van der Waals surface area contributed by atoms with E-state index in [1.165, 1.54) is 91.7 Å². The van der Waals surface area contributed by atoms with Gasteiger partial charge in [0, 0.05) is 58.4 Å². The summed E-state index contributed by atoms with van der Waals surface area (Å²) in [5, 5.41) is 7.94. The van der Waals surface area contributed by atoms with Gasteiger partial charge in [-0.2, -0.15) is 0 Å². The van der Waals surface area contributed by atoms with Gasteiger partial charge in [-0.25, -0.2) is 0 Å². The summed E-state index contributed by atoms with van der Waals surface area (Å²) >= 11 is 1.88. The summed E-state index contributed by atoms with van der Waals surface area (Å²) in [4.78, 5) is 3.77. The molecule has 0 amide bonds.